The number of hydrogen-bond acceptors (Lipinski definition) is 2. The Kier molecular flexibility index (Phi) is 5.75. The molecular formula is C39H23N3O2. The molecule has 0 bridgehead atoms. The number of rotatable bonds is 4. The summed E-state index contributed by atoms with van der Waals surface area (Å²) in [5.74, 6) is -0.728. The Hall–Kier alpha value is -6.25. The summed E-state index contributed by atoms with van der Waals surface area (Å²) >= 11 is 0. The Labute approximate surface area is 253 Å². The minimum absolute atomic E-state index is 0.358. The first-order chi connectivity index (χ1) is 21.7. The molecule has 0 atom stereocenters. The highest BCUT2D eigenvalue weighted by molar-refractivity contribution is 6.37. The van der Waals surface area contributed by atoms with Gasteiger partial charge in [0.1, 0.15) is 0 Å². The third kappa shape index (κ3) is 3.72. The second-order valence-corrected chi connectivity index (χ2v) is 10.7. The van der Waals surface area contributed by atoms with E-state index >= 15 is 0 Å². The summed E-state index contributed by atoms with van der Waals surface area (Å²) in [6.45, 7) is 7.54. The first kappa shape index (κ1) is 25.5. The topological polar surface area (TPSA) is 46.7 Å². The van der Waals surface area contributed by atoms with E-state index < -0.39 is 0 Å². The van der Waals surface area contributed by atoms with Crippen LogP contribution in [0.25, 0.3) is 54.6 Å². The monoisotopic (exact) mass is 565 g/mol. The molecule has 8 rings (SSSR count). The maximum absolute atomic E-state index is 14.7. The molecule has 5 heteroatoms. The van der Waals surface area contributed by atoms with Crippen molar-refractivity contribution in [3.63, 3.8) is 0 Å². The van der Waals surface area contributed by atoms with Crippen LogP contribution in [0.2, 0.25) is 0 Å². The fourth-order valence-electron chi connectivity index (χ4n) is 6.43. The van der Waals surface area contributed by atoms with E-state index in [0.717, 1.165) is 44.1 Å². The summed E-state index contributed by atoms with van der Waals surface area (Å²) in [7, 11) is 0. The minimum Gasteiger partial charge on any atom is -0.309 e. The summed E-state index contributed by atoms with van der Waals surface area (Å²) < 4.78 is 2.03. The summed E-state index contributed by atoms with van der Waals surface area (Å²) in [5, 5.41) is 1.89. The molecule has 0 radical (unpaired) electrons. The summed E-state index contributed by atoms with van der Waals surface area (Å²) in [6, 6.07) is 44.6. The van der Waals surface area contributed by atoms with Gasteiger partial charge in [-0.1, -0.05) is 109 Å². The van der Waals surface area contributed by atoms with Crippen molar-refractivity contribution in [1.82, 2.24) is 4.57 Å². The number of imide groups is 1. The van der Waals surface area contributed by atoms with Crippen molar-refractivity contribution in [1.29, 1.82) is 0 Å². The van der Waals surface area contributed by atoms with Crippen LogP contribution in [-0.2, 0) is 0 Å². The molecule has 5 nitrogen and oxygen atoms in total. The smallest absolute Gasteiger partial charge is 0.268 e. The number of aromatic nitrogens is 1. The van der Waals surface area contributed by atoms with E-state index in [1.54, 1.807) is 12.1 Å². The lowest BCUT2D eigenvalue weighted by atomic mass is 9.95. The summed E-state index contributed by atoms with van der Waals surface area (Å²) in [6.07, 6.45) is 0. The van der Waals surface area contributed by atoms with Crippen LogP contribution in [0.3, 0.4) is 0 Å². The molecule has 0 spiro atoms. The lowest BCUT2D eigenvalue weighted by Crippen LogP contribution is -2.30. The van der Waals surface area contributed by atoms with Crippen LogP contribution in [0.5, 0.6) is 0 Å². The number of para-hydroxylation sites is 2. The van der Waals surface area contributed by atoms with Gasteiger partial charge in [-0.2, -0.15) is 0 Å². The van der Waals surface area contributed by atoms with Crippen LogP contribution in [0.4, 0.5) is 11.4 Å². The molecule has 0 saturated carbocycles. The Morgan fingerprint density at radius 3 is 1.80 bits per heavy atom. The molecule has 0 fully saturated rings. The zero-order valence-electron chi connectivity index (χ0n) is 23.4. The average molecular weight is 566 g/mol. The predicted molar refractivity (Wildman–Crippen MR) is 175 cm³/mol. The van der Waals surface area contributed by atoms with Gasteiger partial charge < -0.3 is 4.57 Å². The maximum atomic E-state index is 14.7. The highest BCUT2D eigenvalue weighted by Gasteiger charge is 2.41. The first-order valence-electron chi connectivity index (χ1n) is 14.3. The molecule has 206 valence electrons. The molecule has 0 unspecified atom stereocenters. The number of amides is 2. The van der Waals surface area contributed by atoms with Crippen LogP contribution in [0.1, 0.15) is 20.7 Å². The van der Waals surface area contributed by atoms with Crippen molar-refractivity contribution in [2.45, 2.75) is 0 Å². The number of benzene rings is 6. The Balaban J connectivity index is 1.39. The molecule has 1 aliphatic heterocycles. The molecule has 0 saturated heterocycles. The Morgan fingerprint density at radius 1 is 0.523 bits per heavy atom. The fraction of sp³-hybridized carbons (Fsp3) is 0. The molecule has 1 aromatic heterocycles. The molecule has 44 heavy (non-hydrogen) atoms. The summed E-state index contributed by atoms with van der Waals surface area (Å²) in [5.41, 5.74) is 7.63. The standard InChI is InChI=1S/C39H23N3O2/c1-40-27-22-23-34-32(24-27)30-16-8-9-20-33(30)41(34)35-21-11-19-31-36(35)39(44)42(38(31)43)37-28(25-12-4-2-5-13-25)17-10-18-29(37)26-14-6-3-7-15-26/h2-24H. The molecule has 0 aliphatic carbocycles. The van der Waals surface area contributed by atoms with Gasteiger partial charge in [-0.3, -0.25) is 9.59 Å². The predicted octanol–water partition coefficient (Wildman–Crippen LogP) is 9.47. The zero-order valence-corrected chi connectivity index (χ0v) is 23.4. The Morgan fingerprint density at radius 2 is 1.11 bits per heavy atom. The van der Waals surface area contributed by atoms with Crippen LogP contribution in [0, 0.1) is 6.57 Å². The van der Waals surface area contributed by atoms with Crippen LogP contribution < -0.4 is 4.90 Å². The second-order valence-electron chi connectivity index (χ2n) is 10.7. The Bertz CT molecular complexity index is 2270. The lowest BCUT2D eigenvalue weighted by molar-refractivity contribution is 0.0926. The number of fused-ring (bicyclic) bond motifs is 4. The number of carbonyl (C=O) groups is 2. The van der Waals surface area contributed by atoms with Crippen molar-refractivity contribution in [3.8, 4) is 27.9 Å². The number of nitrogens with zero attached hydrogens (tertiary/aromatic N) is 3. The molecule has 6 aromatic carbocycles. The van der Waals surface area contributed by atoms with Crippen LogP contribution in [0.15, 0.2) is 140 Å². The van der Waals surface area contributed by atoms with Crippen LogP contribution in [-0.4, -0.2) is 16.4 Å². The van der Waals surface area contributed by atoms with Gasteiger partial charge in [-0.25, -0.2) is 9.74 Å². The maximum Gasteiger partial charge on any atom is 0.268 e. The van der Waals surface area contributed by atoms with Crippen molar-refractivity contribution >= 4 is 45.0 Å². The van der Waals surface area contributed by atoms with Crippen LogP contribution >= 0.6 is 0 Å². The first-order valence-corrected chi connectivity index (χ1v) is 14.3. The van der Waals surface area contributed by atoms with Gasteiger partial charge in [0.25, 0.3) is 11.8 Å². The molecule has 7 aromatic rings. The van der Waals surface area contributed by atoms with E-state index in [-0.39, 0.29) is 11.8 Å². The van der Waals surface area contributed by atoms with Crippen molar-refractivity contribution in [2.75, 3.05) is 4.90 Å². The molecule has 0 N–H and O–H groups in total. The minimum atomic E-state index is -0.370. The van der Waals surface area contributed by atoms with Gasteiger partial charge in [0.2, 0.25) is 0 Å². The third-order valence-corrected chi connectivity index (χ3v) is 8.35. The van der Waals surface area contributed by atoms with E-state index in [9.17, 15) is 9.59 Å². The normalized spacial score (nSPS) is 12.6. The van der Waals surface area contributed by atoms with Gasteiger partial charge in [0, 0.05) is 16.5 Å². The van der Waals surface area contributed by atoms with Gasteiger partial charge in [0.05, 0.1) is 40.1 Å². The SMILES string of the molecule is [C-]#[N+]c1ccc2c(c1)c1ccccc1n2-c1cccc2c1C(=O)N(c1c(-c3ccccc3)cccc1-c1ccccc1)C2=O. The number of carbonyl (C=O) groups excluding carboxylic acids is 2. The molecule has 2 amide bonds. The van der Waals surface area contributed by atoms with E-state index in [4.69, 9.17) is 6.57 Å². The van der Waals surface area contributed by atoms with E-state index in [2.05, 4.69) is 4.85 Å². The van der Waals surface area contributed by atoms with Crippen molar-refractivity contribution in [3.05, 3.63) is 162 Å². The van der Waals surface area contributed by atoms with Gasteiger partial charge in [-0.15, -0.1) is 0 Å². The molecular weight excluding hydrogens is 542 g/mol. The van der Waals surface area contributed by atoms with Crippen molar-refractivity contribution < 1.29 is 9.59 Å². The highest BCUT2D eigenvalue weighted by atomic mass is 16.2. The quantitative estimate of drug-likeness (QED) is 0.158. The molecule has 2 heterocycles. The summed E-state index contributed by atoms with van der Waals surface area (Å²) in [4.78, 5) is 34.1. The number of anilines is 1. The van der Waals surface area contributed by atoms with E-state index in [0.29, 0.717) is 28.2 Å². The lowest BCUT2D eigenvalue weighted by Gasteiger charge is -2.23. The average Bonchev–Trinajstić information content (AvgIpc) is 3.55. The molecule has 1 aliphatic rings. The number of hydrogen-bond donors (Lipinski definition) is 0. The second kappa shape index (κ2) is 9.94. The highest BCUT2D eigenvalue weighted by Crippen LogP contribution is 2.44. The van der Waals surface area contributed by atoms with Gasteiger partial charge >= 0.3 is 0 Å². The largest absolute Gasteiger partial charge is 0.309 e. The van der Waals surface area contributed by atoms with E-state index in [1.807, 2.05) is 132 Å². The fourth-order valence-corrected chi connectivity index (χ4v) is 6.43. The van der Waals surface area contributed by atoms with Gasteiger partial charge in [-0.05, 0) is 46.8 Å². The van der Waals surface area contributed by atoms with Crippen molar-refractivity contribution in [2.24, 2.45) is 0 Å². The third-order valence-electron chi connectivity index (χ3n) is 8.35. The van der Waals surface area contributed by atoms with E-state index in [1.165, 1.54) is 4.90 Å². The van der Waals surface area contributed by atoms with Gasteiger partial charge in [0.15, 0.2) is 5.69 Å². The zero-order chi connectivity index (χ0) is 29.8.